The highest BCUT2D eigenvalue weighted by Gasteiger charge is 2.36. The van der Waals surface area contributed by atoms with E-state index in [0.29, 0.717) is 34.7 Å². The van der Waals surface area contributed by atoms with E-state index in [1.54, 1.807) is 18.3 Å². The van der Waals surface area contributed by atoms with Crippen LogP contribution in [-0.4, -0.2) is 30.2 Å². The molecule has 2 aromatic carbocycles. The van der Waals surface area contributed by atoms with E-state index in [1.165, 1.54) is 47.4 Å². The average molecular weight is 592 g/mol. The first kappa shape index (κ1) is 28.1. The van der Waals surface area contributed by atoms with E-state index in [2.05, 4.69) is 20.4 Å². The summed E-state index contributed by atoms with van der Waals surface area (Å²) in [6, 6.07) is 10.5. The Labute approximate surface area is 242 Å². The molecule has 1 unspecified atom stereocenters. The van der Waals surface area contributed by atoms with Crippen LogP contribution in [0.2, 0.25) is 0 Å². The van der Waals surface area contributed by atoms with Crippen molar-refractivity contribution in [1.82, 2.24) is 24.3 Å². The third kappa shape index (κ3) is 5.83. The van der Waals surface area contributed by atoms with Gasteiger partial charge in [0.25, 0.3) is 11.5 Å². The molecule has 1 aliphatic carbocycles. The fraction of sp³-hybridized carbons (Fsp3) is 0.233. The van der Waals surface area contributed by atoms with Gasteiger partial charge in [0, 0.05) is 30.0 Å². The number of aromatic nitrogens is 5. The third-order valence-corrected chi connectivity index (χ3v) is 7.51. The number of fused-ring (bicyclic) bond motifs is 1. The molecule has 3 N–H and O–H groups in total. The van der Waals surface area contributed by atoms with Crippen LogP contribution in [-0.2, 0) is 6.18 Å². The molecule has 43 heavy (non-hydrogen) atoms. The molecule has 0 saturated heterocycles. The van der Waals surface area contributed by atoms with Crippen LogP contribution in [0.4, 0.5) is 29.1 Å². The van der Waals surface area contributed by atoms with E-state index in [9.17, 15) is 22.8 Å². The van der Waals surface area contributed by atoms with Crippen molar-refractivity contribution >= 4 is 28.2 Å². The Morgan fingerprint density at radius 2 is 1.91 bits per heavy atom. The fourth-order valence-electron chi connectivity index (χ4n) is 5.10. The monoisotopic (exact) mass is 591 g/mol. The fourth-order valence-corrected chi connectivity index (χ4v) is 5.10. The van der Waals surface area contributed by atoms with Crippen LogP contribution in [0.1, 0.15) is 53.5 Å². The van der Waals surface area contributed by atoms with Gasteiger partial charge in [0.2, 0.25) is 0 Å². The van der Waals surface area contributed by atoms with Crippen LogP contribution in [0, 0.1) is 11.7 Å². The van der Waals surface area contributed by atoms with Gasteiger partial charge in [0.15, 0.2) is 5.69 Å². The lowest BCUT2D eigenvalue weighted by Crippen LogP contribution is -2.25. The minimum atomic E-state index is -4.85. The molecule has 220 valence electrons. The maximum Gasteiger partial charge on any atom is 0.435 e. The number of nitrogens with one attached hydrogen (secondary N) is 1. The number of rotatable bonds is 8. The summed E-state index contributed by atoms with van der Waals surface area (Å²) in [6.45, 7) is 0. The first-order valence-electron chi connectivity index (χ1n) is 13.5. The van der Waals surface area contributed by atoms with Crippen molar-refractivity contribution in [3.8, 4) is 5.69 Å². The summed E-state index contributed by atoms with van der Waals surface area (Å²) in [6.07, 6.45) is 4.52. The molecule has 1 amide bonds. The highest BCUT2D eigenvalue weighted by molar-refractivity contribution is 6.04. The Morgan fingerprint density at radius 3 is 2.65 bits per heavy atom. The smallest absolute Gasteiger partial charge is 0.383 e. The van der Waals surface area contributed by atoms with Gasteiger partial charge in [0.05, 0.1) is 23.6 Å². The molecule has 5 aromatic rings. The van der Waals surface area contributed by atoms with Gasteiger partial charge in [-0.3, -0.25) is 14.6 Å². The number of carbonyl (C=O) groups is 1. The molecule has 1 atom stereocenters. The van der Waals surface area contributed by atoms with E-state index in [1.807, 2.05) is 0 Å². The number of hydrogen-bond acceptors (Lipinski definition) is 6. The van der Waals surface area contributed by atoms with Crippen molar-refractivity contribution < 1.29 is 22.4 Å². The SMILES string of the molecule is Nc1nccc2ccc(-n3nc(C(F)(F)F)cc3C(=O)Nc3cc(C(CCC4CC4)n4ccncc4=O)ccc3F)cc12. The lowest BCUT2D eigenvalue weighted by molar-refractivity contribution is -0.141. The molecule has 1 fully saturated rings. The Balaban J connectivity index is 1.37. The zero-order valence-electron chi connectivity index (χ0n) is 22.6. The van der Waals surface area contributed by atoms with Gasteiger partial charge in [0.1, 0.15) is 17.3 Å². The lowest BCUT2D eigenvalue weighted by Gasteiger charge is -2.21. The molecule has 0 bridgehead atoms. The van der Waals surface area contributed by atoms with Crippen LogP contribution in [0.25, 0.3) is 16.5 Å². The van der Waals surface area contributed by atoms with Crippen LogP contribution in [0.15, 0.2) is 78.1 Å². The van der Waals surface area contributed by atoms with Crippen molar-refractivity contribution in [1.29, 1.82) is 0 Å². The summed E-state index contributed by atoms with van der Waals surface area (Å²) in [5, 5.41) is 7.20. The van der Waals surface area contributed by atoms with E-state index in [-0.39, 0.29) is 22.8 Å². The quantitative estimate of drug-likeness (QED) is 0.222. The van der Waals surface area contributed by atoms with Gasteiger partial charge in [-0.15, -0.1) is 0 Å². The first-order chi connectivity index (χ1) is 20.6. The molecule has 13 heteroatoms. The summed E-state index contributed by atoms with van der Waals surface area (Å²) >= 11 is 0. The lowest BCUT2D eigenvalue weighted by atomic mass is 9.99. The number of alkyl halides is 3. The molecule has 0 aliphatic heterocycles. The molecule has 3 heterocycles. The molecular weight excluding hydrogens is 566 g/mol. The second-order valence-corrected chi connectivity index (χ2v) is 10.5. The van der Waals surface area contributed by atoms with Crippen LogP contribution in [0.5, 0.6) is 0 Å². The van der Waals surface area contributed by atoms with Gasteiger partial charge in [-0.1, -0.05) is 25.0 Å². The predicted octanol–water partition coefficient (Wildman–Crippen LogP) is 5.75. The number of anilines is 2. The van der Waals surface area contributed by atoms with Gasteiger partial charge < -0.3 is 15.6 Å². The Bertz CT molecular complexity index is 1900. The van der Waals surface area contributed by atoms with Crippen LogP contribution >= 0.6 is 0 Å². The second kappa shape index (κ2) is 11.0. The number of halogens is 4. The Hall–Kier alpha value is -5.07. The number of nitrogens with zero attached hydrogens (tertiary/aromatic N) is 5. The largest absolute Gasteiger partial charge is 0.435 e. The summed E-state index contributed by atoms with van der Waals surface area (Å²) in [4.78, 5) is 33.9. The highest BCUT2D eigenvalue weighted by Crippen LogP contribution is 2.37. The molecule has 1 aliphatic rings. The average Bonchev–Trinajstić information content (AvgIpc) is 3.69. The van der Waals surface area contributed by atoms with Gasteiger partial charge in [-0.2, -0.15) is 18.3 Å². The molecule has 0 spiro atoms. The summed E-state index contributed by atoms with van der Waals surface area (Å²) < 4.78 is 58.5. The molecule has 1 saturated carbocycles. The van der Waals surface area contributed by atoms with Crippen molar-refractivity contribution in [2.45, 2.75) is 37.9 Å². The zero-order chi connectivity index (χ0) is 30.3. The number of carbonyl (C=O) groups excluding carboxylic acids is 1. The maximum atomic E-state index is 15.0. The Morgan fingerprint density at radius 1 is 1.09 bits per heavy atom. The maximum absolute atomic E-state index is 15.0. The van der Waals surface area contributed by atoms with E-state index in [0.717, 1.165) is 30.0 Å². The zero-order valence-corrected chi connectivity index (χ0v) is 22.6. The Kier molecular flexibility index (Phi) is 7.16. The van der Waals surface area contributed by atoms with Crippen molar-refractivity contribution in [2.24, 2.45) is 5.92 Å². The van der Waals surface area contributed by atoms with Gasteiger partial charge >= 0.3 is 6.18 Å². The number of pyridine rings is 1. The predicted molar refractivity (Wildman–Crippen MR) is 151 cm³/mol. The molecule has 6 rings (SSSR count). The van der Waals surface area contributed by atoms with Crippen molar-refractivity contribution in [3.05, 3.63) is 106 Å². The summed E-state index contributed by atoms with van der Waals surface area (Å²) in [5.41, 5.74) is 4.26. The topological polar surface area (TPSA) is 121 Å². The summed E-state index contributed by atoms with van der Waals surface area (Å²) in [5.74, 6) is -1.11. The number of nitrogen functional groups attached to an aromatic ring is 1. The second-order valence-electron chi connectivity index (χ2n) is 10.5. The first-order valence-corrected chi connectivity index (χ1v) is 13.5. The minimum Gasteiger partial charge on any atom is -0.383 e. The molecular formula is C30H25F4N7O2. The molecule has 0 radical (unpaired) electrons. The molecule has 9 nitrogen and oxygen atoms in total. The molecule has 3 aromatic heterocycles. The highest BCUT2D eigenvalue weighted by atomic mass is 19.4. The standard InChI is InChI=1S/C30H25F4N7O2/c31-22-7-5-19(24(8-3-17-1-2-17)40-12-11-36-16-27(40)42)13-23(22)38-29(43)25-15-26(30(32,33)34)39-41(25)20-6-4-18-9-10-37-28(35)21(18)14-20/h4-7,9-17,24H,1-3,8H2,(H2,35,37)(H,38,43). The van der Waals surface area contributed by atoms with Gasteiger partial charge in [-0.05, 0) is 60.0 Å². The summed E-state index contributed by atoms with van der Waals surface area (Å²) in [7, 11) is 0. The van der Waals surface area contributed by atoms with E-state index >= 15 is 4.39 Å². The number of benzene rings is 2. The van der Waals surface area contributed by atoms with Gasteiger partial charge in [-0.25, -0.2) is 14.1 Å². The van der Waals surface area contributed by atoms with Crippen molar-refractivity contribution in [3.63, 3.8) is 0 Å². The number of amides is 1. The number of nitrogens with two attached hydrogens (primary N) is 1. The number of hydrogen-bond donors (Lipinski definition) is 2. The third-order valence-electron chi connectivity index (χ3n) is 7.51. The van der Waals surface area contributed by atoms with Crippen molar-refractivity contribution in [2.75, 3.05) is 11.1 Å². The van der Waals surface area contributed by atoms with Crippen LogP contribution in [0.3, 0.4) is 0 Å². The van der Waals surface area contributed by atoms with Crippen LogP contribution < -0.4 is 16.6 Å². The van der Waals surface area contributed by atoms with E-state index < -0.39 is 35.3 Å². The normalized spacial score (nSPS) is 14.1. The van der Waals surface area contributed by atoms with E-state index in [4.69, 9.17) is 5.73 Å². The minimum absolute atomic E-state index is 0.124.